The van der Waals surface area contributed by atoms with Gasteiger partial charge in [0.1, 0.15) is 39.1 Å². The smallest absolute Gasteiger partial charge is 0.210 e. The zero-order valence-electron chi connectivity index (χ0n) is 24.6. The fraction of sp³-hybridized carbons (Fsp3) is 0.222. The van der Waals surface area contributed by atoms with E-state index in [1.54, 1.807) is 86.6 Å². The molecule has 6 nitrogen and oxygen atoms in total. The van der Waals surface area contributed by atoms with Crippen LogP contribution in [0.3, 0.4) is 0 Å². The van der Waals surface area contributed by atoms with Crippen LogP contribution in [0.1, 0.15) is 51.7 Å². The van der Waals surface area contributed by atoms with Crippen LogP contribution in [-0.4, -0.2) is 29.8 Å². The van der Waals surface area contributed by atoms with Gasteiger partial charge in [-0.1, -0.05) is 61.8 Å². The van der Waals surface area contributed by atoms with Crippen LogP contribution in [0.4, 0.5) is 0 Å². The first-order chi connectivity index (χ1) is 20.4. The molecular formula is C36H34O6S. The molecule has 2 atom stereocenters. The molecule has 0 heterocycles. The largest absolute Gasteiger partial charge is 0.457 e. The van der Waals surface area contributed by atoms with E-state index < -0.39 is 21.0 Å². The fourth-order valence-corrected chi connectivity index (χ4v) is 5.08. The highest BCUT2D eigenvalue weighted by molar-refractivity contribution is 7.91. The highest BCUT2D eigenvalue weighted by Crippen LogP contribution is 2.34. The van der Waals surface area contributed by atoms with Gasteiger partial charge in [0.15, 0.2) is 0 Å². The Balaban J connectivity index is 1.54. The Morgan fingerprint density at radius 3 is 1.70 bits per heavy atom. The van der Waals surface area contributed by atoms with E-state index >= 15 is 0 Å². The van der Waals surface area contributed by atoms with Crippen LogP contribution in [-0.2, 0) is 9.84 Å². The molecule has 4 aromatic rings. The minimum Gasteiger partial charge on any atom is -0.457 e. The van der Waals surface area contributed by atoms with Crippen molar-refractivity contribution in [3.63, 3.8) is 0 Å². The second kappa shape index (κ2) is 13.2. The molecular weight excluding hydrogens is 560 g/mol. The molecule has 0 fully saturated rings. The first-order valence-corrected chi connectivity index (χ1v) is 15.4. The predicted octanol–water partition coefficient (Wildman–Crippen LogP) is 7.13. The van der Waals surface area contributed by atoms with Crippen molar-refractivity contribution in [3.05, 3.63) is 108 Å². The Morgan fingerprint density at radius 2 is 1.16 bits per heavy atom. The van der Waals surface area contributed by atoms with Crippen molar-refractivity contribution in [3.8, 4) is 46.7 Å². The molecule has 0 spiro atoms. The van der Waals surface area contributed by atoms with Crippen LogP contribution in [0.5, 0.6) is 23.0 Å². The van der Waals surface area contributed by atoms with Gasteiger partial charge in [0.2, 0.25) is 9.84 Å². The van der Waals surface area contributed by atoms with Crippen LogP contribution in [0.25, 0.3) is 0 Å². The Bertz CT molecular complexity index is 1820. The SMILES string of the molecule is CCC(C)(O)C#Cc1cccc(Oc2ccc(S(=O)(=O)c3ccccc3Oc3cccc(C#CC(C)(O)CC)c3)cc2)c1. The second-order valence-electron chi connectivity index (χ2n) is 10.4. The number of aliphatic hydroxyl groups is 2. The average molecular weight is 595 g/mol. The van der Waals surface area contributed by atoms with Gasteiger partial charge in [0, 0.05) is 11.1 Å². The Hall–Kier alpha value is -4.53. The van der Waals surface area contributed by atoms with Gasteiger partial charge in [0.05, 0.1) is 4.90 Å². The molecule has 0 saturated heterocycles. The third kappa shape index (κ3) is 8.50. The summed E-state index contributed by atoms with van der Waals surface area (Å²) < 4.78 is 39.2. The van der Waals surface area contributed by atoms with E-state index in [1.165, 1.54) is 18.2 Å². The van der Waals surface area contributed by atoms with Gasteiger partial charge in [0.25, 0.3) is 0 Å². The van der Waals surface area contributed by atoms with Crippen molar-refractivity contribution in [2.24, 2.45) is 0 Å². The van der Waals surface area contributed by atoms with Crippen LogP contribution in [0, 0.1) is 23.7 Å². The van der Waals surface area contributed by atoms with E-state index in [-0.39, 0.29) is 15.5 Å². The molecule has 220 valence electrons. The molecule has 43 heavy (non-hydrogen) atoms. The maximum atomic E-state index is 13.6. The molecule has 4 rings (SSSR count). The van der Waals surface area contributed by atoms with E-state index in [0.29, 0.717) is 41.2 Å². The third-order valence-corrected chi connectivity index (χ3v) is 8.54. The lowest BCUT2D eigenvalue weighted by molar-refractivity contribution is 0.117. The number of rotatable bonds is 8. The van der Waals surface area contributed by atoms with Gasteiger partial charge < -0.3 is 19.7 Å². The molecule has 0 aliphatic heterocycles. The minimum atomic E-state index is -3.94. The first kappa shape index (κ1) is 31.4. The lowest BCUT2D eigenvalue weighted by Crippen LogP contribution is -2.19. The monoisotopic (exact) mass is 594 g/mol. The molecule has 2 N–H and O–H groups in total. The summed E-state index contributed by atoms with van der Waals surface area (Å²) in [5.41, 5.74) is -0.855. The zero-order valence-corrected chi connectivity index (χ0v) is 25.4. The average Bonchev–Trinajstić information content (AvgIpc) is 3.00. The van der Waals surface area contributed by atoms with E-state index in [2.05, 4.69) is 23.7 Å². The molecule has 0 amide bonds. The summed E-state index contributed by atoms with van der Waals surface area (Å²) >= 11 is 0. The Labute approximate surface area is 253 Å². The molecule has 0 radical (unpaired) electrons. The summed E-state index contributed by atoms with van der Waals surface area (Å²) in [4.78, 5) is 0.0991. The number of sulfone groups is 1. The minimum absolute atomic E-state index is 0.0170. The van der Waals surface area contributed by atoms with Crippen molar-refractivity contribution in [1.82, 2.24) is 0 Å². The summed E-state index contributed by atoms with van der Waals surface area (Å²) in [6, 6.07) is 26.7. The molecule has 0 aromatic heterocycles. The highest BCUT2D eigenvalue weighted by atomic mass is 32.2. The maximum absolute atomic E-state index is 13.6. The second-order valence-corrected chi connectivity index (χ2v) is 12.4. The first-order valence-electron chi connectivity index (χ1n) is 13.9. The number of hydrogen-bond acceptors (Lipinski definition) is 6. The molecule has 0 saturated carbocycles. The molecule has 0 aliphatic carbocycles. The van der Waals surface area contributed by atoms with Crippen LogP contribution in [0.15, 0.2) is 107 Å². The molecule has 4 aromatic carbocycles. The summed E-state index contributed by atoms with van der Waals surface area (Å²) in [7, 11) is -3.94. The van der Waals surface area contributed by atoms with Crippen LogP contribution >= 0.6 is 0 Å². The molecule has 2 unspecified atom stereocenters. The van der Waals surface area contributed by atoms with Gasteiger partial charge in [-0.25, -0.2) is 8.42 Å². The fourth-order valence-electron chi connectivity index (χ4n) is 3.70. The third-order valence-electron chi connectivity index (χ3n) is 6.73. The van der Waals surface area contributed by atoms with Gasteiger partial charge in [-0.3, -0.25) is 0 Å². The summed E-state index contributed by atoms with van der Waals surface area (Å²) in [6.45, 7) is 7.02. The van der Waals surface area contributed by atoms with Crippen molar-refractivity contribution < 1.29 is 28.1 Å². The van der Waals surface area contributed by atoms with Crippen molar-refractivity contribution in [2.45, 2.75) is 61.5 Å². The Kier molecular flexibility index (Phi) is 9.63. The van der Waals surface area contributed by atoms with E-state index in [1.807, 2.05) is 19.9 Å². The highest BCUT2D eigenvalue weighted by Gasteiger charge is 2.23. The van der Waals surface area contributed by atoms with Crippen molar-refractivity contribution >= 4 is 9.84 Å². The maximum Gasteiger partial charge on any atom is 0.210 e. The van der Waals surface area contributed by atoms with E-state index in [0.717, 1.165) is 0 Å². The Morgan fingerprint density at radius 1 is 0.651 bits per heavy atom. The number of hydrogen-bond donors (Lipinski definition) is 2. The lowest BCUT2D eigenvalue weighted by atomic mass is 10.0. The number of benzene rings is 4. The standard InChI is InChI=1S/C36H34O6S/c1-5-35(3,37)23-21-27-11-9-13-30(25-27)41-29-17-19-32(20-18-29)43(39,40)34-16-8-7-15-33(34)42-31-14-10-12-28(26-31)22-24-36(4,38)6-2/h7-20,25-26,37-38H,5-6H2,1-4H3. The zero-order chi connectivity index (χ0) is 31.1. The molecule has 0 aliphatic rings. The predicted molar refractivity (Wildman–Crippen MR) is 167 cm³/mol. The van der Waals surface area contributed by atoms with Gasteiger partial charge in [-0.05, 0) is 99.5 Å². The normalized spacial score (nSPS) is 13.7. The lowest BCUT2D eigenvalue weighted by Gasteiger charge is -2.13. The van der Waals surface area contributed by atoms with Crippen LogP contribution < -0.4 is 9.47 Å². The quantitative estimate of drug-likeness (QED) is 0.211. The van der Waals surface area contributed by atoms with Gasteiger partial charge in [-0.15, -0.1) is 0 Å². The van der Waals surface area contributed by atoms with Gasteiger partial charge >= 0.3 is 0 Å². The van der Waals surface area contributed by atoms with Crippen LogP contribution in [0.2, 0.25) is 0 Å². The van der Waals surface area contributed by atoms with E-state index in [9.17, 15) is 18.6 Å². The summed E-state index contributed by atoms with van der Waals surface area (Å²) in [5.74, 6) is 13.2. The number of ether oxygens (including phenoxy) is 2. The topological polar surface area (TPSA) is 93.1 Å². The number of para-hydroxylation sites is 1. The molecule has 7 heteroatoms. The summed E-state index contributed by atoms with van der Waals surface area (Å²) in [5, 5.41) is 20.3. The van der Waals surface area contributed by atoms with Crippen molar-refractivity contribution in [2.75, 3.05) is 0 Å². The molecule has 0 bridgehead atoms. The van der Waals surface area contributed by atoms with E-state index in [4.69, 9.17) is 9.47 Å². The van der Waals surface area contributed by atoms with Gasteiger partial charge in [-0.2, -0.15) is 0 Å². The summed E-state index contributed by atoms with van der Waals surface area (Å²) in [6.07, 6.45) is 0.996. The van der Waals surface area contributed by atoms with Crippen molar-refractivity contribution in [1.29, 1.82) is 0 Å².